The zero-order valence-corrected chi connectivity index (χ0v) is 17.8. The molecule has 2 amide bonds. The molecule has 2 bridgehead atoms. The molecule has 0 heterocycles. The molecule has 31 heavy (non-hydrogen) atoms. The first-order chi connectivity index (χ1) is 14.8. The molecule has 0 aliphatic heterocycles. The van der Waals surface area contributed by atoms with Gasteiger partial charge in [-0.1, -0.05) is 11.6 Å². The summed E-state index contributed by atoms with van der Waals surface area (Å²) in [6.45, 7) is -0.228. The van der Waals surface area contributed by atoms with Gasteiger partial charge in [0.1, 0.15) is 11.6 Å². The van der Waals surface area contributed by atoms with Crippen molar-refractivity contribution in [3.63, 3.8) is 0 Å². The number of methoxy groups -OCH3 is 2. The summed E-state index contributed by atoms with van der Waals surface area (Å²) in [6, 6.07) is 9.00. The number of nitrogens with one attached hydrogen (secondary N) is 2. The quantitative estimate of drug-likeness (QED) is 0.648. The van der Waals surface area contributed by atoms with Crippen molar-refractivity contribution >= 4 is 23.4 Å². The van der Waals surface area contributed by atoms with E-state index < -0.39 is 5.82 Å². The van der Waals surface area contributed by atoms with Gasteiger partial charge < -0.3 is 24.8 Å². The molecule has 0 saturated heterocycles. The summed E-state index contributed by atoms with van der Waals surface area (Å²) >= 11 is 5.63. The molecule has 0 spiro atoms. The maximum Gasteiger partial charge on any atom is 0.258 e. The van der Waals surface area contributed by atoms with Crippen LogP contribution in [0.2, 0.25) is 5.02 Å². The summed E-state index contributed by atoms with van der Waals surface area (Å²) in [7, 11) is 3.05. The van der Waals surface area contributed by atoms with Gasteiger partial charge in [0.25, 0.3) is 11.8 Å². The molecule has 3 fully saturated rings. The highest BCUT2D eigenvalue weighted by atomic mass is 35.5. The molecule has 164 valence electrons. The Labute approximate surface area is 183 Å². The van der Waals surface area contributed by atoms with Crippen LogP contribution >= 0.6 is 11.6 Å². The Balaban J connectivity index is 1.26. The van der Waals surface area contributed by atoms with E-state index in [9.17, 15) is 14.0 Å². The molecule has 9 heteroatoms. The van der Waals surface area contributed by atoms with Crippen molar-refractivity contribution in [2.75, 3.05) is 20.8 Å². The van der Waals surface area contributed by atoms with Crippen molar-refractivity contribution in [1.29, 1.82) is 0 Å². The number of rotatable bonds is 8. The van der Waals surface area contributed by atoms with E-state index in [-0.39, 0.29) is 40.3 Å². The third-order valence-electron chi connectivity index (χ3n) is 5.72. The van der Waals surface area contributed by atoms with Gasteiger partial charge in [-0.25, -0.2) is 4.39 Å². The number of halogens is 2. The lowest BCUT2D eigenvalue weighted by Gasteiger charge is -2.70. The first kappa shape index (κ1) is 21.2. The van der Waals surface area contributed by atoms with Gasteiger partial charge in [0.2, 0.25) is 0 Å². The molecule has 0 radical (unpaired) electrons. The standard InChI is InChI=1S/C22H22ClFN2O5/c1-29-17-6-3-13(7-18(17)30-2)20(28)26-22-10-21(11-22,12-22)25-19(27)9-31-14-4-5-15(23)16(24)8-14/h3-8H,9-12H2,1-2H3,(H,25,27)(H,26,28). The third-order valence-corrected chi connectivity index (χ3v) is 6.03. The first-order valence-electron chi connectivity index (χ1n) is 9.70. The molecule has 3 saturated carbocycles. The number of amides is 2. The summed E-state index contributed by atoms with van der Waals surface area (Å²) in [6.07, 6.45) is 1.96. The Morgan fingerprint density at radius 1 is 1.00 bits per heavy atom. The Kier molecular flexibility index (Phi) is 5.43. The van der Waals surface area contributed by atoms with E-state index in [4.69, 9.17) is 25.8 Å². The summed E-state index contributed by atoms with van der Waals surface area (Å²) in [5.41, 5.74) is -0.155. The molecule has 5 rings (SSSR count). The average Bonchev–Trinajstić information content (AvgIpc) is 2.71. The molecule has 2 N–H and O–H groups in total. The second-order valence-corrected chi connectivity index (χ2v) is 8.43. The predicted molar refractivity (Wildman–Crippen MR) is 111 cm³/mol. The van der Waals surface area contributed by atoms with Crippen LogP contribution in [0.1, 0.15) is 29.6 Å². The fourth-order valence-electron chi connectivity index (χ4n) is 4.39. The van der Waals surface area contributed by atoms with Crippen LogP contribution in [0.15, 0.2) is 36.4 Å². The largest absolute Gasteiger partial charge is 0.493 e. The number of carbonyl (C=O) groups is 2. The Bertz CT molecular complexity index is 1020. The second-order valence-electron chi connectivity index (χ2n) is 8.03. The van der Waals surface area contributed by atoms with Crippen LogP contribution in [0.25, 0.3) is 0 Å². The molecule has 7 nitrogen and oxygen atoms in total. The Morgan fingerprint density at radius 2 is 1.68 bits per heavy atom. The Morgan fingerprint density at radius 3 is 2.32 bits per heavy atom. The molecule has 2 aromatic rings. The van der Waals surface area contributed by atoms with Gasteiger partial charge in [-0.15, -0.1) is 0 Å². The van der Waals surface area contributed by atoms with Crippen molar-refractivity contribution in [3.05, 3.63) is 52.8 Å². The van der Waals surface area contributed by atoms with Gasteiger partial charge in [0.05, 0.1) is 19.2 Å². The van der Waals surface area contributed by atoms with Crippen molar-refractivity contribution in [3.8, 4) is 17.2 Å². The van der Waals surface area contributed by atoms with Gasteiger partial charge in [-0.3, -0.25) is 9.59 Å². The predicted octanol–water partition coefficient (Wildman–Crippen LogP) is 3.10. The minimum absolute atomic E-state index is 0.00824. The fraction of sp³-hybridized carbons (Fsp3) is 0.364. The lowest BCUT2D eigenvalue weighted by molar-refractivity contribution is -0.141. The van der Waals surface area contributed by atoms with Crippen molar-refractivity contribution in [2.24, 2.45) is 0 Å². The van der Waals surface area contributed by atoms with Crippen molar-refractivity contribution in [2.45, 2.75) is 30.3 Å². The van der Waals surface area contributed by atoms with Crippen LogP contribution in [-0.4, -0.2) is 43.7 Å². The van der Waals surface area contributed by atoms with E-state index in [0.717, 1.165) is 6.07 Å². The molecule has 2 aromatic carbocycles. The number of hydrogen-bond acceptors (Lipinski definition) is 5. The minimum atomic E-state index is -0.605. The topological polar surface area (TPSA) is 85.9 Å². The summed E-state index contributed by atoms with van der Waals surface area (Å²) in [5, 5.41) is 6.01. The van der Waals surface area contributed by atoms with E-state index in [0.29, 0.717) is 36.3 Å². The van der Waals surface area contributed by atoms with Crippen LogP contribution < -0.4 is 24.8 Å². The van der Waals surface area contributed by atoms with Gasteiger partial charge in [0, 0.05) is 22.7 Å². The highest BCUT2D eigenvalue weighted by Gasteiger charge is 2.69. The highest BCUT2D eigenvalue weighted by Crippen LogP contribution is 2.60. The van der Waals surface area contributed by atoms with Gasteiger partial charge in [-0.05, 0) is 49.6 Å². The van der Waals surface area contributed by atoms with Gasteiger partial charge >= 0.3 is 0 Å². The monoisotopic (exact) mass is 448 g/mol. The Hall–Kier alpha value is -3.00. The van der Waals surface area contributed by atoms with Gasteiger partial charge in [0.15, 0.2) is 18.1 Å². The van der Waals surface area contributed by atoms with E-state index in [1.165, 1.54) is 26.4 Å². The van der Waals surface area contributed by atoms with Gasteiger partial charge in [-0.2, -0.15) is 0 Å². The van der Waals surface area contributed by atoms with E-state index in [1.54, 1.807) is 18.2 Å². The summed E-state index contributed by atoms with van der Waals surface area (Å²) in [5.74, 6) is 0.162. The van der Waals surface area contributed by atoms with Crippen LogP contribution in [0.5, 0.6) is 17.2 Å². The van der Waals surface area contributed by atoms with E-state index >= 15 is 0 Å². The van der Waals surface area contributed by atoms with Crippen molar-refractivity contribution in [1.82, 2.24) is 10.6 Å². The summed E-state index contributed by atoms with van der Waals surface area (Å²) < 4.78 is 29.2. The summed E-state index contributed by atoms with van der Waals surface area (Å²) in [4.78, 5) is 24.8. The van der Waals surface area contributed by atoms with Crippen molar-refractivity contribution < 1.29 is 28.2 Å². The third kappa shape index (κ3) is 4.12. The lowest BCUT2D eigenvalue weighted by Crippen LogP contribution is -2.84. The smallest absolute Gasteiger partial charge is 0.258 e. The number of carbonyl (C=O) groups excluding carboxylic acids is 2. The maximum atomic E-state index is 13.4. The molecule has 3 aliphatic carbocycles. The van der Waals surface area contributed by atoms with Crippen LogP contribution in [0.3, 0.4) is 0 Å². The first-order valence-corrected chi connectivity index (χ1v) is 10.1. The number of hydrogen-bond donors (Lipinski definition) is 2. The van der Waals surface area contributed by atoms with Crippen LogP contribution in [-0.2, 0) is 4.79 Å². The number of ether oxygens (including phenoxy) is 3. The van der Waals surface area contributed by atoms with E-state index in [2.05, 4.69) is 10.6 Å². The second kappa shape index (κ2) is 7.92. The van der Waals surface area contributed by atoms with Crippen LogP contribution in [0.4, 0.5) is 4.39 Å². The lowest BCUT2D eigenvalue weighted by atomic mass is 9.44. The maximum absolute atomic E-state index is 13.4. The average molecular weight is 449 g/mol. The molecule has 0 aromatic heterocycles. The van der Waals surface area contributed by atoms with E-state index in [1.807, 2.05) is 0 Å². The SMILES string of the molecule is COc1ccc(C(=O)NC23CC(NC(=O)COc4ccc(Cl)c(F)c4)(C2)C3)cc1OC. The highest BCUT2D eigenvalue weighted by molar-refractivity contribution is 6.30. The zero-order valence-electron chi connectivity index (χ0n) is 17.1. The molecular formula is C22H22ClFN2O5. The molecular weight excluding hydrogens is 427 g/mol. The number of benzene rings is 2. The molecule has 3 aliphatic rings. The zero-order chi connectivity index (χ0) is 22.2. The molecule has 0 atom stereocenters. The fourth-order valence-corrected chi connectivity index (χ4v) is 4.51. The normalized spacial score (nSPS) is 23.1. The minimum Gasteiger partial charge on any atom is -0.493 e. The molecule has 0 unspecified atom stereocenters. The van der Waals surface area contributed by atoms with Crippen LogP contribution in [0, 0.1) is 5.82 Å².